The van der Waals surface area contributed by atoms with Crippen molar-refractivity contribution in [3.8, 4) is 0 Å². The quantitative estimate of drug-likeness (QED) is 0.686. The number of benzene rings is 1. The van der Waals surface area contributed by atoms with Crippen LogP contribution >= 0.6 is 11.3 Å². The molecule has 0 radical (unpaired) electrons. The van der Waals surface area contributed by atoms with E-state index in [0.717, 1.165) is 23.6 Å². The summed E-state index contributed by atoms with van der Waals surface area (Å²) < 4.78 is 32.4. The van der Waals surface area contributed by atoms with Crippen molar-refractivity contribution in [1.82, 2.24) is 9.62 Å². The predicted molar refractivity (Wildman–Crippen MR) is 115 cm³/mol. The van der Waals surface area contributed by atoms with Crippen molar-refractivity contribution < 1.29 is 17.9 Å². The normalized spacial score (nSPS) is 15.2. The summed E-state index contributed by atoms with van der Waals surface area (Å²) in [7, 11) is -3.70. The molecule has 9 heteroatoms. The van der Waals surface area contributed by atoms with Crippen molar-refractivity contribution in [3.05, 3.63) is 46.2 Å². The van der Waals surface area contributed by atoms with Crippen LogP contribution in [0.5, 0.6) is 0 Å². The van der Waals surface area contributed by atoms with E-state index in [-0.39, 0.29) is 15.7 Å². The van der Waals surface area contributed by atoms with Crippen LogP contribution in [0.25, 0.3) is 0 Å². The topological polar surface area (TPSA) is 79.0 Å². The number of rotatable bonds is 8. The van der Waals surface area contributed by atoms with Gasteiger partial charge in [-0.3, -0.25) is 4.79 Å². The van der Waals surface area contributed by atoms with Crippen molar-refractivity contribution in [2.45, 2.75) is 18.7 Å². The summed E-state index contributed by atoms with van der Waals surface area (Å²) in [5.74, 6) is -0.355. The van der Waals surface area contributed by atoms with Crippen LogP contribution in [0.2, 0.25) is 0 Å². The number of carbonyl (C=O) groups excluding carboxylic acids is 1. The fourth-order valence-electron chi connectivity index (χ4n) is 3.27. The minimum absolute atomic E-state index is 0.0768. The lowest BCUT2D eigenvalue weighted by molar-refractivity contribution is 0.0730. The largest absolute Gasteiger partial charge is 0.379 e. The lowest BCUT2D eigenvalue weighted by Crippen LogP contribution is -2.41. The average Bonchev–Trinajstić information content (AvgIpc) is 3.23. The Balaban J connectivity index is 1.64. The number of ether oxygens (including phenoxy) is 1. The Hall–Kier alpha value is -1.94. The summed E-state index contributed by atoms with van der Waals surface area (Å²) in [6.07, 6.45) is 0. The predicted octanol–water partition coefficient (Wildman–Crippen LogP) is 2.33. The van der Waals surface area contributed by atoms with E-state index in [1.807, 2.05) is 25.1 Å². The number of hydrogen-bond acceptors (Lipinski definition) is 6. The standard InChI is InChI=1S/C20H27N3O4S2/c1-3-22(17-6-4-5-16(2)15-17)9-8-21-20(24)19-18(7-14-28-19)29(25,26)23-10-12-27-13-11-23/h4-7,14-15H,3,8-13H2,1-2H3,(H,21,24). The maximum absolute atomic E-state index is 12.9. The first-order valence-corrected chi connectivity index (χ1v) is 12.0. The van der Waals surface area contributed by atoms with Gasteiger partial charge in [0.2, 0.25) is 10.0 Å². The van der Waals surface area contributed by atoms with Gasteiger partial charge in [-0.25, -0.2) is 8.42 Å². The number of hydrogen-bond donors (Lipinski definition) is 1. The Labute approximate surface area is 176 Å². The second kappa shape index (κ2) is 9.71. The minimum Gasteiger partial charge on any atom is -0.379 e. The van der Waals surface area contributed by atoms with Crippen LogP contribution in [-0.4, -0.2) is 64.6 Å². The summed E-state index contributed by atoms with van der Waals surface area (Å²) in [4.78, 5) is 15.2. The third-order valence-corrected chi connectivity index (χ3v) is 7.82. The summed E-state index contributed by atoms with van der Waals surface area (Å²) in [6, 6.07) is 9.73. The molecule has 1 saturated heterocycles. The van der Waals surface area contributed by atoms with E-state index >= 15 is 0 Å². The number of thiophene rings is 1. The fraction of sp³-hybridized carbons (Fsp3) is 0.450. The highest BCUT2D eigenvalue weighted by Gasteiger charge is 2.31. The molecule has 3 rings (SSSR count). The van der Waals surface area contributed by atoms with E-state index < -0.39 is 10.0 Å². The molecule has 1 N–H and O–H groups in total. The molecule has 1 aliphatic rings. The van der Waals surface area contributed by atoms with Crippen LogP contribution in [0.3, 0.4) is 0 Å². The molecule has 1 aromatic heterocycles. The van der Waals surface area contributed by atoms with E-state index in [1.165, 1.54) is 15.9 Å². The minimum atomic E-state index is -3.70. The van der Waals surface area contributed by atoms with E-state index in [4.69, 9.17) is 4.74 Å². The Kier molecular flexibility index (Phi) is 7.28. The summed E-state index contributed by atoms with van der Waals surface area (Å²) >= 11 is 1.15. The van der Waals surface area contributed by atoms with Crippen LogP contribution in [0, 0.1) is 6.92 Å². The number of nitrogens with one attached hydrogen (secondary N) is 1. The zero-order chi connectivity index (χ0) is 20.9. The first kappa shape index (κ1) is 21.8. The number of carbonyl (C=O) groups is 1. The first-order chi connectivity index (χ1) is 13.9. The van der Waals surface area contributed by atoms with Gasteiger partial charge >= 0.3 is 0 Å². The molecule has 1 amide bonds. The van der Waals surface area contributed by atoms with Crippen LogP contribution in [0.4, 0.5) is 5.69 Å². The van der Waals surface area contributed by atoms with Gasteiger partial charge < -0.3 is 15.0 Å². The average molecular weight is 438 g/mol. The molecule has 2 heterocycles. The molecule has 1 fully saturated rings. The molecule has 0 spiro atoms. The summed E-state index contributed by atoms with van der Waals surface area (Å²) in [6.45, 7) is 7.35. The fourth-order valence-corrected chi connectivity index (χ4v) is 6.00. The highest BCUT2D eigenvalue weighted by molar-refractivity contribution is 7.89. The van der Waals surface area contributed by atoms with Gasteiger partial charge in [0.25, 0.3) is 5.91 Å². The van der Waals surface area contributed by atoms with Crippen LogP contribution in [-0.2, 0) is 14.8 Å². The van der Waals surface area contributed by atoms with Crippen molar-refractivity contribution in [2.24, 2.45) is 0 Å². The number of sulfonamides is 1. The third kappa shape index (κ3) is 5.16. The molecule has 0 unspecified atom stereocenters. The molecule has 0 aliphatic carbocycles. The molecule has 29 heavy (non-hydrogen) atoms. The smallest absolute Gasteiger partial charge is 0.262 e. The van der Waals surface area contributed by atoms with Gasteiger partial charge in [-0.2, -0.15) is 4.31 Å². The van der Waals surface area contributed by atoms with Crippen molar-refractivity contribution in [3.63, 3.8) is 0 Å². The second-order valence-electron chi connectivity index (χ2n) is 6.81. The van der Waals surface area contributed by atoms with Crippen LogP contribution < -0.4 is 10.2 Å². The highest BCUT2D eigenvalue weighted by Crippen LogP contribution is 2.26. The van der Waals surface area contributed by atoms with Gasteiger partial charge in [0.15, 0.2) is 0 Å². The zero-order valence-corrected chi connectivity index (χ0v) is 18.4. The van der Waals surface area contributed by atoms with E-state index in [1.54, 1.807) is 5.38 Å². The lowest BCUT2D eigenvalue weighted by Gasteiger charge is -2.26. The van der Waals surface area contributed by atoms with Gasteiger partial charge in [0, 0.05) is 38.4 Å². The Morgan fingerprint density at radius 3 is 2.72 bits per heavy atom. The Morgan fingerprint density at radius 1 is 1.28 bits per heavy atom. The van der Waals surface area contributed by atoms with E-state index in [0.29, 0.717) is 39.4 Å². The maximum Gasteiger partial charge on any atom is 0.262 e. The van der Waals surface area contributed by atoms with Gasteiger partial charge in [-0.15, -0.1) is 11.3 Å². The Morgan fingerprint density at radius 2 is 2.03 bits per heavy atom. The maximum atomic E-state index is 12.9. The highest BCUT2D eigenvalue weighted by atomic mass is 32.2. The number of aryl methyl sites for hydroxylation is 1. The molecule has 158 valence electrons. The van der Waals surface area contributed by atoms with Crippen LogP contribution in [0.1, 0.15) is 22.2 Å². The first-order valence-electron chi connectivity index (χ1n) is 9.68. The number of morpholine rings is 1. The molecule has 1 aliphatic heterocycles. The van der Waals surface area contributed by atoms with Gasteiger partial charge in [0.1, 0.15) is 9.77 Å². The second-order valence-corrected chi connectivity index (χ2v) is 9.63. The number of likely N-dealkylation sites (N-methyl/N-ethyl adjacent to an activating group) is 1. The van der Waals surface area contributed by atoms with Crippen molar-refractivity contribution in [2.75, 3.05) is 50.8 Å². The van der Waals surface area contributed by atoms with Gasteiger partial charge in [-0.05, 0) is 43.0 Å². The SMILES string of the molecule is CCN(CCNC(=O)c1sccc1S(=O)(=O)N1CCOCC1)c1cccc(C)c1. The molecular weight excluding hydrogens is 410 g/mol. The van der Waals surface area contributed by atoms with E-state index in [9.17, 15) is 13.2 Å². The van der Waals surface area contributed by atoms with Gasteiger partial charge in [-0.1, -0.05) is 12.1 Å². The molecule has 1 aromatic carbocycles. The molecule has 7 nitrogen and oxygen atoms in total. The molecular formula is C20H27N3O4S2. The number of anilines is 1. The zero-order valence-electron chi connectivity index (χ0n) is 16.8. The molecule has 0 bridgehead atoms. The monoisotopic (exact) mass is 437 g/mol. The lowest BCUT2D eigenvalue weighted by atomic mass is 10.2. The number of nitrogens with zero attached hydrogens (tertiary/aromatic N) is 2. The van der Waals surface area contributed by atoms with E-state index in [2.05, 4.69) is 23.2 Å². The molecule has 0 saturated carbocycles. The van der Waals surface area contributed by atoms with Crippen LogP contribution in [0.15, 0.2) is 40.6 Å². The summed E-state index contributed by atoms with van der Waals surface area (Å²) in [5.41, 5.74) is 2.29. The Bertz CT molecular complexity index is 937. The molecule has 2 aromatic rings. The third-order valence-electron chi connectivity index (χ3n) is 4.84. The van der Waals surface area contributed by atoms with Crippen molar-refractivity contribution in [1.29, 1.82) is 0 Å². The summed E-state index contributed by atoms with van der Waals surface area (Å²) in [5, 5.41) is 4.52. The van der Waals surface area contributed by atoms with Crippen molar-refractivity contribution >= 4 is 33.0 Å². The number of amides is 1. The van der Waals surface area contributed by atoms with Gasteiger partial charge in [0.05, 0.1) is 13.2 Å². The molecule has 0 atom stereocenters.